The molecule has 0 saturated carbocycles. The first-order valence-electron chi connectivity index (χ1n) is 26.5. The van der Waals surface area contributed by atoms with Gasteiger partial charge in [-0.05, 0) is 194 Å². The molecule has 7 nitrogen and oxygen atoms in total. The van der Waals surface area contributed by atoms with Crippen LogP contribution in [0.1, 0.15) is 246 Å². The molecule has 0 radical (unpaired) electrons. The number of nitrogens with zero attached hydrogens (tertiary/aromatic N) is 4. The highest BCUT2D eigenvalue weighted by Crippen LogP contribution is 2.27. The fraction of sp³-hybridized carbons (Fsp3) is 0.825. The molecule has 0 atom stereocenters. The fourth-order valence-corrected chi connectivity index (χ4v) is 6.96. The molecule has 4 saturated heterocycles. The Balaban J connectivity index is -0.000000123. The van der Waals surface area contributed by atoms with Gasteiger partial charge in [-0.15, -0.1) is 0 Å². The van der Waals surface area contributed by atoms with E-state index in [1.54, 1.807) is 11.4 Å². The number of allylic oxidation sites excluding steroid dienone is 7. The predicted octanol–water partition coefficient (Wildman–Crippen LogP) is 17.5. The van der Waals surface area contributed by atoms with Crippen LogP contribution in [0.25, 0.3) is 0 Å². The Bertz CT molecular complexity index is 1130. The molecule has 0 aromatic heterocycles. The summed E-state index contributed by atoms with van der Waals surface area (Å²) in [7, 11) is 0. The first kappa shape index (κ1) is 76.5. The minimum atomic E-state index is 0. The maximum absolute atomic E-state index is 5.62. The minimum Gasteiger partial charge on any atom is -0.479 e. The lowest BCUT2D eigenvalue weighted by Gasteiger charge is -2.36. The maximum Gasteiger partial charge on any atom is 0.188 e. The van der Waals surface area contributed by atoms with Crippen LogP contribution in [0.3, 0.4) is 0 Å². The highest BCUT2D eigenvalue weighted by molar-refractivity contribution is 5.13. The Morgan fingerprint density at radius 1 is 0.415 bits per heavy atom. The third-order valence-electron chi connectivity index (χ3n) is 9.65. The summed E-state index contributed by atoms with van der Waals surface area (Å²) in [6, 6.07) is 3.03. The average Bonchev–Trinajstić information content (AvgIpc) is 4.00. The summed E-state index contributed by atoms with van der Waals surface area (Å²) in [5, 5.41) is 3.18. The van der Waals surface area contributed by atoms with Gasteiger partial charge in [-0.3, -0.25) is 4.70 Å². The van der Waals surface area contributed by atoms with Crippen LogP contribution < -0.4 is 5.32 Å². The van der Waals surface area contributed by atoms with Gasteiger partial charge in [-0.1, -0.05) is 86.0 Å². The predicted molar refractivity (Wildman–Crippen MR) is 297 cm³/mol. The summed E-state index contributed by atoms with van der Waals surface area (Å²) in [5.74, 6) is 2.18. The fourth-order valence-electron chi connectivity index (χ4n) is 6.96. The number of hydrogen-bond donors (Lipinski definition) is 1. The van der Waals surface area contributed by atoms with Crippen molar-refractivity contribution in [3.05, 3.63) is 57.2 Å². The number of likely N-dealkylation sites (tertiary alicyclic amines) is 2. The van der Waals surface area contributed by atoms with E-state index in [0.717, 1.165) is 44.5 Å². The number of rotatable bonds is 6. The van der Waals surface area contributed by atoms with Crippen molar-refractivity contribution in [3.8, 4) is 0 Å². The van der Waals surface area contributed by atoms with Crippen LogP contribution in [-0.4, -0.2) is 89.2 Å². The zero-order valence-electron chi connectivity index (χ0n) is 50.0. The summed E-state index contributed by atoms with van der Waals surface area (Å²) in [6.45, 7) is 70.0. The van der Waals surface area contributed by atoms with Crippen LogP contribution in [-0.2, 0) is 9.47 Å². The van der Waals surface area contributed by atoms with Crippen LogP contribution in [0.5, 0.6) is 0 Å². The Morgan fingerprint density at radius 2 is 0.738 bits per heavy atom. The summed E-state index contributed by atoms with van der Waals surface area (Å²) in [5.41, 5.74) is 10.1. The van der Waals surface area contributed by atoms with Crippen molar-refractivity contribution < 1.29 is 14.2 Å². The van der Waals surface area contributed by atoms with Crippen molar-refractivity contribution in [1.29, 1.82) is 0 Å². The van der Waals surface area contributed by atoms with Gasteiger partial charge in [0.05, 0.1) is 13.2 Å². The van der Waals surface area contributed by atoms with Crippen LogP contribution in [0, 0.1) is 0 Å². The quantitative estimate of drug-likeness (QED) is 0.285. The van der Waals surface area contributed by atoms with Crippen LogP contribution in [0.4, 0.5) is 4.70 Å². The summed E-state index contributed by atoms with van der Waals surface area (Å²) >= 11 is 0. The van der Waals surface area contributed by atoms with E-state index >= 15 is 0 Å². The van der Waals surface area contributed by atoms with Crippen molar-refractivity contribution in [3.63, 3.8) is 0 Å². The molecule has 0 unspecified atom stereocenters. The Hall–Kier alpha value is -2.77. The van der Waals surface area contributed by atoms with Gasteiger partial charge in [0.25, 0.3) is 0 Å². The topological polar surface area (TPSA) is 43.5 Å². The standard InChI is InChI=1S/C11H21N.C10H19NO.C10H19N.C9H17NO.C7H15N.5C2H6.FH/c1-9(2)11-7-5-6-8-12(11)10(3)4;1-8(2)10-11(9(3)4)6-5-7-12-10;1-8(2)10-6-5-7-11(10)9(3)4;1-7(2)9-10(8(3)4)5-6-11-9;1-6(2)5-8-7(3)4;5*1-2;/h10H,5-8H2,1-4H3;9H,5-7H2,1-4H3;9H,5-7H2,1-4H3;8H,5-6H2,1-4H3;5,7-8H,1-4H3;5*1-2H3;1H. The van der Waals surface area contributed by atoms with Gasteiger partial charge in [0.1, 0.15) is 6.61 Å². The number of nitrogens with one attached hydrogen (secondary N) is 1. The van der Waals surface area contributed by atoms with Gasteiger partial charge in [-0.25, -0.2) is 0 Å². The van der Waals surface area contributed by atoms with E-state index in [4.69, 9.17) is 9.47 Å². The Labute approximate surface area is 410 Å². The number of ether oxygens (including phenoxy) is 2. The van der Waals surface area contributed by atoms with Crippen molar-refractivity contribution >= 4 is 0 Å². The lowest BCUT2D eigenvalue weighted by Crippen LogP contribution is -2.37. The van der Waals surface area contributed by atoms with Crippen LogP contribution in [0.2, 0.25) is 0 Å². The first-order valence-corrected chi connectivity index (χ1v) is 26.5. The Kier molecular flexibility index (Phi) is 57.8. The molecule has 0 aliphatic carbocycles. The molecule has 4 fully saturated rings. The Morgan fingerprint density at radius 3 is 1.02 bits per heavy atom. The molecule has 0 amide bonds. The monoisotopic (exact) mass is 928 g/mol. The second-order valence-corrected chi connectivity index (χ2v) is 17.8. The molecular weight excluding hydrogens is 806 g/mol. The van der Waals surface area contributed by atoms with Crippen LogP contribution >= 0.6 is 0 Å². The molecule has 8 heteroatoms. The van der Waals surface area contributed by atoms with Crippen molar-refractivity contribution in [2.75, 3.05) is 39.4 Å². The van der Waals surface area contributed by atoms with Crippen molar-refractivity contribution in [2.24, 2.45) is 0 Å². The number of halogens is 1. The van der Waals surface area contributed by atoms with Gasteiger partial charge in [0.2, 0.25) is 0 Å². The van der Waals surface area contributed by atoms with E-state index in [0.29, 0.717) is 30.2 Å². The third kappa shape index (κ3) is 37.0. The third-order valence-corrected chi connectivity index (χ3v) is 9.65. The largest absolute Gasteiger partial charge is 0.479 e. The highest BCUT2D eigenvalue weighted by atomic mass is 19.0. The van der Waals surface area contributed by atoms with Crippen molar-refractivity contribution in [1.82, 2.24) is 24.9 Å². The second-order valence-electron chi connectivity index (χ2n) is 17.8. The van der Waals surface area contributed by atoms with E-state index in [1.807, 2.05) is 75.4 Å². The van der Waals surface area contributed by atoms with Gasteiger partial charge in [0.15, 0.2) is 11.8 Å². The molecule has 65 heavy (non-hydrogen) atoms. The minimum absolute atomic E-state index is 0. The molecule has 394 valence electrons. The molecular formula is C57H122FN5O2. The van der Waals surface area contributed by atoms with Crippen molar-refractivity contribution in [2.45, 2.75) is 276 Å². The molecule has 1 N–H and O–H groups in total. The summed E-state index contributed by atoms with van der Waals surface area (Å²) in [6.07, 6.45) is 9.86. The molecule has 4 aliphatic heterocycles. The van der Waals surface area contributed by atoms with Gasteiger partial charge in [0, 0.05) is 61.2 Å². The zero-order chi connectivity index (χ0) is 51.7. The van der Waals surface area contributed by atoms with Gasteiger partial charge in [-0.2, -0.15) is 0 Å². The molecule has 0 bridgehead atoms. The molecule has 0 spiro atoms. The van der Waals surface area contributed by atoms with Crippen LogP contribution in [0.15, 0.2) is 57.2 Å². The van der Waals surface area contributed by atoms with E-state index < -0.39 is 0 Å². The van der Waals surface area contributed by atoms with Gasteiger partial charge >= 0.3 is 0 Å². The summed E-state index contributed by atoms with van der Waals surface area (Å²) < 4.78 is 11.1. The SMILES string of the molecule is CC.CC.CC.CC.CC.CC(C)=C1CCCCN1C(C)C.CC(C)=C1CCCN1C(C)C.CC(C)=C1OCCCN1C(C)C.CC(C)=C1OCCN1C(C)C.CC(C)=CNC(C)C.F. The van der Waals surface area contributed by atoms with E-state index in [-0.39, 0.29) is 4.70 Å². The molecule has 4 heterocycles. The molecule has 0 aromatic rings. The average molecular weight is 929 g/mol. The molecule has 4 aliphatic rings. The van der Waals surface area contributed by atoms with Gasteiger partial charge < -0.3 is 34.4 Å². The molecule has 4 rings (SSSR count). The lowest BCUT2D eigenvalue weighted by molar-refractivity contribution is 0.0442. The van der Waals surface area contributed by atoms with E-state index in [9.17, 15) is 0 Å². The van der Waals surface area contributed by atoms with E-state index in [2.05, 4.69) is 163 Å². The highest BCUT2D eigenvalue weighted by Gasteiger charge is 2.22. The lowest BCUT2D eigenvalue weighted by atomic mass is 10.0. The first-order chi connectivity index (χ1) is 30.1. The van der Waals surface area contributed by atoms with E-state index in [1.165, 1.54) is 73.1 Å². The zero-order valence-corrected chi connectivity index (χ0v) is 50.0. The normalized spacial score (nSPS) is 14.4. The number of hydrogen-bond acceptors (Lipinski definition) is 7. The summed E-state index contributed by atoms with van der Waals surface area (Å²) in [4.78, 5) is 9.71. The second kappa shape index (κ2) is 49.1. The number of piperidine rings is 1. The molecule has 0 aromatic carbocycles. The smallest absolute Gasteiger partial charge is 0.188 e. The maximum atomic E-state index is 5.62.